The first-order chi connectivity index (χ1) is 12.7. The van der Waals surface area contributed by atoms with Gasteiger partial charge in [0.2, 0.25) is 0 Å². The van der Waals surface area contributed by atoms with Gasteiger partial charge in [0.1, 0.15) is 5.69 Å². The van der Waals surface area contributed by atoms with Gasteiger partial charge in [-0.05, 0) is 30.5 Å². The van der Waals surface area contributed by atoms with Crippen LogP contribution in [-0.2, 0) is 0 Å². The maximum Gasteiger partial charge on any atom is 0.267 e. The number of aromatic amines is 1. The van der Waals surface area contributed by atoms with Crippen LogP contribution in [0.1, 0.15) is 34.6 Å². The standard InChI is InChI=1S/C19H24N4O3/c24-8-7-22-11-13-9-14(12-22)17(23-16(13)4-1-5-18(23)25)10-21-19(26)15-3-2-6-20-15/h1-6,13-14,17,20,24H,7-12H2,(H,21,26)/t13-,14+,17+/m1/s1. The fraction of sp³-hybridized carbons (Fsp3) is 0.474. The van der Waals surface area contributed by atoms with Gasteiger partial charge >= 0.3 is 0 Å². The van der Waals surface area contributed by atoms with Gasteiger partial charge in [-0.2, -0.15) is 0 Å². The number of nitrogens with one attached hydrogen (secondary N) is 2. The van der Waals surface area contributed by atoms with E-state index in [0.29, 0.717) is 24.7 Å². The van der Waals surface area contributed by atoms with Crippen LogP contribution >= 0.6 is 0 Å². The van der Waals surface area contributed by atoms with E-state index in [1.54, 1.807) is 24.4 Å². The van der Waals surface area contributed by atoms with E-state index in [-0.39, 0.29) is 30.0 Å². The molecule has 0 radical (unpaired) electrons. The van der Waals surface area contributed by atoms with Crippen molar-refractivity contribution in [1.29, 1.82) is 0 Å². The molecule has 2 aliphatic heterocycles. The third-order valence-electron chi connectivity index (χ3n) is 5.60. The molecule has 1 saturated heterocycles. The maximum atomic E-state index is 12.6. The largest absolute Gasteiger partial charge is 0.395 e. The Kier molecular flexibility index (Phi) is 4.65. The molecule has 2 aromatic rings. The fourth-order valence-corrected chi connectivity index (χ4v) is 4.49. The van der Waals surface area contributed by atoms with Crippen LogP contribution < -0.4 is 10.9 Å². The van der Waals surface area contributed by atoms with Gasteiger partial charge in [0.25, 0.3) is 11.5 Å². The number of pyridine rings is 1. The lowest BCUT2D eigenvalue weighted by Crippen LogP contribution is -2.52. The summed E-state index contributed by atoms with van der Waals surface area (Å²) in [6.45, 7) is 2.89. The van der Waals surface area contributed by atoms with E-state index in [9.17, 15) is 14.7 Å². The van der Waals surface area contributed by atoms with Crippen LogP contribution in [0.4, 0.5) is 0 Å². The molecule has 0 spiro atoms. The molecule has 1 amide bonds. The SMILES string of the molecule is O=C(NC[C@H]1[C@H]2C[C@H](CN(CCO)C2)c2cccc(=O)n21)c1ccc[nH]1. The predicted octanol–water partition coefficient (Wildman–Crippen LogP) is 0.559. The molecule has 0 aliphatic carbocycles. The first-order valence-electron chi connectivity index (χ1n) is 9.13. The number of nitrogens with zero attached hydrogens (tertiary/aromatic N) is 2. The lowest BCUT2D eigenvalue weighted by atomic mass is 9.78. The molecule has 0 aromatic carbocycles. The second-order valence-electron chi connectivity index (χ2n) is 7.20. The number of likely N-dealkylation sites (tertiary alicyclic amines) is 1. The van der Waals surface area contributed by atoms with Crippen molar-refractivity contribution < 1.29 is 9.90 Å². The Morgan fingerprint density at radius 1 is 1.27 bits per heavy atom. The number of carbonyl (C=O) groups is 1. The third-order valence-corrected chi connectivity index (χ3v) is 5.60. The minimum Gasteiger partial charge on any atom is -0.395 e. The molecule has 4 rings (SSSR count). The maximum absolute atomic E-state index is 12.6. The van der Waals surface area contributed by atoms with E-state index in [1.165, 1.54) is 0 Å². The molecular formula is C19H24N4O3. The van der Waals surface area contributed by atoms with E-state index < -0.39 is 0 Å². The molecule has 138 valence electrons. The third kappa shape index (κ3) is 3.08. The van der Waals surface area contributed by atoms with Gasteiger partial charge < -0.3 is 24.9 Å². The zero-order valence-electron chi connectivity index (χ0n) is 14.6. The summed E-state index contributed by atoms with van der Waals surface area (Å²) in [6, 6.07) is 8.87. The summed E-state index contributed by atoms with van der Waals surface area (Å²) in [6.07, 6.45) is 2.72. The van der Waals surface area contributed by atoms with Crippen LogP contribution in [0, 0.1) is 5.92 Å². The summed E-state index contributed by atoms with van der Waals surface area (Å²) in [4.78, 5) is 30.1. The minimum absolute atomic E-state index is 0.00747. The molecule has 1 fully saturated rings. The van der Waals surface area contributed by atoms with Crippen LogP contribution in [0.25, 0.3) is 0 Å². The molecule has 2 bridgehead atoms. The molecule has 0 saturated carbocycles. The predicted molar refractivity (Wildman–Crippen MR) is 97.2 cm³/mol. The molecule has 4 heterocycles. The van der Waals surface area contributed by atoms with Gasteiger partial charge in [-0.15, -0.1) is 0 Å². The number of fused-ring (bicyclic) bond motifs is 4. The fourth-order valence-electron chi connectivity index (χ4n) is 4.49. The number of aliphatic hydroxyl groups is 1. The van der Waals surface area contributed by atoms with Crippen molar-refractivity contribution in [2.75, 3.05) is 32.8 Å². The summed E-state index contributed by atoms with van der Waals surface area (Å²) in [5.41, 5.74) is 1.55. The Hall–Kier alpha value is -2.38. The van der Waals surface area contributed by atoms with Crippen LogP contribution in [-0.4, -0.2) is 58.3 Å². The Labute approximate surface area is 151 Å². The summed E-state index contributed by atoms with van der Waals surface area (Å²) >= 11 is 0. The first kappa shape index (κ1) is 17.1. The Balaban J connectivity index is 1.61. The quantitative estimate of drug-likeness (QED) is 0.730. The topological polar surface area (TPSA) is 90.4 Å². The number of hydrogen-bond donors (Lipinski definition) is 3. The Morgan fingerprint density at radius 2 is 2.15 bits per heavy atom. The van der Waals surface area contributed by atoms with Crippen LogP contribution in [0.15, 0.2) is 41.3 Å². The zero-order chi connectivity index (χ0) is 18.1. The lowest BCUT2D eigenvalue weighted by molar-refractivity contribution is 0.0729. The van der Waals surface area contributed by atoms with Crippen molar-refractivity contribution in [2.45, 2.75) is 18.4 Å². The molecular weight excluding hydrogens is 332 g/mol. The van der Waals surface area contributed by atoms with Crippen molar-refractivity contribution in [3.05, 3.63) is 58.3 Å². The number of rotatable bonds is 5. The van der Waals surface area contributed by atoms with E-state index in [2.05, 4.69) is 15.2 Å². The molecule has 2 aliphatic rings. The van der Waals surface area contributed by atoms with Crippen LogP contribution in [0.3, 0.4) is 0 Å². The van der Waals surface area contributed by atoms with E-state index in [4.69, 9.17) is 0 Å². The highest BCUT2D eigenvalue weighted by atomic mass is 16.3. The minimum atomic E-state index is -0.161. The van der Waals surface area contributed by atoms with Gasteiger partial charge in [0.15, 0.2) is 0 Å². The molecule has 2 aromatic heterocycles. The van der Waals surface area contributed by atoms with Gasteiger partial charge in [0, 0.05) is 50.1 Å². The number of hydrogen-bond acceptors (Lipinski definition) is 4. The number of β-amino-alcohol motifs (C(OH)–C–C–N with tert-alkyl or cyclic N) is 1. The number of carbonyl (C=O) groups excluding carboxylic acids is 1. The van der Waals surface area contributed by atoms with Gasteiger partial charge in [-0.1, -0.05) is 6.07 Å². The average Bonchev–Trinajstić information content (AvgIpc) is 3.17. The smallest absolute Gasteiger partial charge is 0.267 e. The Bertz CT molecular complexity index is 830. The van der Waals surface area contributed by atoms with Crippen molar-refractivity contribution in [1.82, 2.24) is 19.8 Å². The highest BCUT2D eigenvalue weighted by Crippen LogP contribution is 2.40. The number of aliphatic hydroxyl groups excluding tert-OH is 1. The van der Waals surface area contributed by atoms with E-state index in [1.807, 2.05) is 16.7 Å². The van der Waals surface area contributed by atoms with Gasteiger partial charge in [-0.3, -0.25) is 9.59 Å². The number of amides is 1. The molecule has 7 heteroatoms. The van der Waals surface area contributed by atoms with Crippen molar-refractivity contribution in [3.63, 3.8) is 0 Å². The molecule has 3 N–H and O–H groups in total. The van der Waals surface area contributed by atoms with Crippen LogP contribution in [0.5, 0.6) is 0 Å². The summed E-state index contributed by atoms with van der Waals surface area (Å²) in [5.74, 6) is 0.409. The normalized spacial score (nSPS) is 24.9. The second kappa shape index (κ2) is 7.09. The summed E-state index contributed by atoms with van der Waals surface area (Å²) < 4.78 is 1.88. The number of piperidine rings is 1. The van der Waals surface area contributed by atoms with E-state index >= 15 is 0 Å². The summed E-state index contributed by atoms with van der Waals surface area (Å²) in [5, 5.41) is 12.3. The van der Waals surface area contributed by atoms with Crippen molar-refractivity contribution >= 4 is 5.91 Å². The average molecular weight is 356 g/mol. The van der Waals surface area contributed by atoms with Gasteiger partial charge in [0.05, 0.1) is 12.6 Å². The van der Waals surface area contributed by atoms with E-state index in [0.717, 1.165) is 25.2 Å². The second-order valence-corrected chi connectivity index (χ2v) is 7.20. The number of aromatic nitrogens is 2. The molecule has 26 heavy (non-hydrogen) atoms. The highest BCUT2D eigenvalue weighted by molar-refractivity contribution is 5.92. The summed E-state index contributed by atoms with van der Waals surface area (Å²) in [7, 11) is 0. The molecule has 7 nitrogen and oxygen atoms in total. The van der Waals surface area contributed by atoms with Crippen molar-refractivity contribution in [3.8, 4) is 0 Å². The molecule has 3 atom stereocenters. The zero-order valence-corrected chi connectivity index (χ0v) is 14.6. The lowest BCUT2D eigenvalue weighted by Gasteiger charge is -2.47. The Morgan fingerprint density at radius 3 is 2.92 bits per heavy atom. The van der Waals surface area contributed by atoms with Gasteiger partial charge in [-0.25, -0.2) is 0 Å². The van der Waals surface area contributed by atoms with Crippen LogP contribution in [0.2, 0.25) is 0 Å². The highest BCUT2D eigenvalue weighted by Gasteiger charge is 2.40. The first-order valence-corrected chi connectivity index (χ1v) is 9.13. The number of H-pyrrole nitrogens is 1. The molecule has 0 unspecified atom stereocenters. The van der Waals surface area contributed by atoms with Crippen molar-refractivity contribution in [2.24, 2.45) is 5.92 Å². The monoisotopic (exact) mass is 356 g/mol.